The Morgan fingerprint density at radius 2 is 2.00 bits per heavy atom. The van der Waals surface area contributed by atoms with Crippen LogP contribution in [0.5, 0.6) is 0 Å². The van der Waals surface area contributed by atoms with Gasteiger partial charge in [0.05, 0.1) is 0 Å². The highest BCUT2D eigenvalue weighted by molar-refractivity contribution is 7.87. The first-order chi connectivity index (χ1) is 8.45. The third kappa shape index (κ3) is 3.23. The maximum Gasteiger partial charge on any atom is 0.279 e. The summed E-state index contributed by atoms with van der Waals surface area (Å²) in [4.78, 5) is 0. The Balaban J connectivity index is 2.01. The van der Waals surface area contributed by atoms with E-state index in [-0.39, 0.29) is 5.54 Å². The highest BCUT2D eigenvalue weighted by atomic mass is 32.2. The summed E-state index contributed by atoms with van der Waals surface area (Å²) < 4.78 is 29.2. The quantitative estimate of drug-likeness (QED) is 0.798. The summed E-state index contributed by atoms with van der Waals surface area (Å²) in [6.45, 7) is 3.79. The lowest BCUT2D eigenvalue weighted by Gasteiger charge is -2.34. The number of rotatable bonds is 4. The predicted octanol–water partition coefficient (Wildman–Crippen LogP) is 0.824. The molecule has 106 valence electrons. The van der Waals surface area contributed by atoms with Crippen molar-refractivity contribution in [1.29, 1.82) is 0 Å². The first-order valence-corrected chi connectivity index (χ1v) is 8.38. The molecule has 0 radical (unpaired) electrons. The highest BCUT2D eigenvalue weighted by Crippen LogP contribution is 2.30. The second-order valence-corrected chi connectivity index (χ2v) is 7.65. The van der Waals surface area contributed by atoms with E-state index in [0.717, 1.165) is 38.5 Å². The Morgan fingerprint density at radius 1 is 1.33 bits per heavy atom. The molecule has 1 aliphatic carbocycles. The number of nitrogens with one attached hydrogen (secondary N) is 1. The van der Waals surface area contributed by atoms with Gasteiger partial charge in [0, 0.05) is 18.6 Å². The smallest absolute Gasteiger partial charge is 0.279 e. The SMILES string of the molecule is CC1(NS(=O)(=O)N2CCCC(CN)C2)CCCC1. The van der Waals surface area contributed by atoms with Gasteiger partial charge in [-0.05, 0) is 45.1 Å². The van der Waals surface area contributed by atoms with Crippen LogP contribution in [0.4, 0.5) is 0 Å². The van der Waals surface area contributed by atoms with Gasteiger partial charge in [-0.1, -0.05) is 12.8 Å². The zero-order valence-corrected chi connectivity index (χ0v) is 12.0. The lowest BCUT2D eigenvalue weighted by molar-refractivity contribution is 0.263. The zero-order chi connectivity index (χ0) is 13.2. The van der Waals surface area contributed by atoms with Crippen LogP contribution in [0.25, 0.3) is 0 Å². The predicted molar refractivity (Wildman–Crippen MR) is 72.3 cm³/mol. The number of nitrogens with zero attached hydrogens (tertiary/aromatic N) is 1. The normalized spacial score (nSPS) is 29.6. The van der Waals surface area contributed by atoms with Crippen molar-refractivity contribution in [1.82, 2.24) is 9.03 Å². The van der Waals surface area contributed by atoms with E-state index in [1.165, 1.54) is 0 Å². The molecule has 1 atom stereocenters. The number of nitrogens with two attached hydrogens (primary N) is 1. The van der Waals surface area contributed by atoms with Crippen molar-refractivity contribution >= 4 is 10.2 Å². The molecule has 18 heavy (non-hydrogen) atoms. The monoisotopic (exact) mass is 275 g/mol. The molecule has 0 bridgehead atoms. The molecule has 0 amide bonds. The van der Waals surface area contributed by atoms with E-state index in [4.69, 9.17) is 5.73 Å². The topological polar surface area (TPSA) is 75.4 Å². The molecule has 6 heteroatoms. The summed E-state index contributed by atoms with van der Waals surface area (Å²) in [6.07, 6.45) is 6.08. The summed E-state index contributed by atoms with van der Waals surface area (Å²) in [5.74, 6) is 0.312. The van der Waals surface area contributed by atoms with E-state index in [1.54, 1.807) is 4.31 Å². The van der Waals surface area contributed by atoms with E-state index in [2.05, 4.69) is 4.72 Å². The molecule has 0 spiro atoms. The average Bonchev–Trinajstić information content (AvgIpc) is 2.75. The molecule has 0 aromatic carbocycles. The van der Waals surface area contributed by atoms with Gasteiger partial charge in [0.25, 0.3) is 10.2 Å². The minimum Gasteiger partial charge on any atom is -0.330 e. The van der Waals surface area contributed by atoms with E-state index in [9.17, 15) is 8.42 Å². The molecule has 5 nitrogen and oxygen atoms in total. The van der Waals surface area contributed by atoms with Crippen LogP contribution in [-0.2, 0) is 10.2 Å². The van der Waals surface area contributed by atoms with Gasteiger partial charge in [-0.2, -0.15) is 17.4 Å². The van der Waals surface area contributed by atoms with Crippen molar-refractivity contribution in [2.75, 3.05) is 19.6 Å². The third-order valence-electron chi connectivity index (χ3n) is 4.24. The molecule has 1 aliphatic heterocycles. The summed E-state index contributed by atoms with van der Waals surface area (Å²) in [5, 5.41) is 0. The first kappa shape index (κ1) is 14.2. The molecular formula is C12H25N3O2S. The lowest BCUT2D eigenvalue weighted by atomic mass is 10.0. The van der Waals surface area contributed by atoms with Crippen LogP contribution in [0.3, 0.4) is 0 Å². The van der Waals surface area contributed by atoms with Crippen molar-refractivity contribution < 1.29 is 8.42 Å². The van der Waals surface area contributed by atoms with Gasteiger partial charge in [-0.15, -0.1) is 0 Å². The zero-order valence-electron chi connectivity index (χ0n) is 11.2. The molecule has 2 fully saturated rings. The number of hydrogen-bond acceptors (Lipinski definition) is 3. The summed E-state index contributed by atoms with van der Waals surface area (Å²) >= 11 is 0. The highest BCUT2D eigenvalue weighted by Gasteiger charge is 2.36. The van der Waals surface area contributed by atoms with Gasteiger partial charge < -0.3 is 5.73 Å². The molecule has 0 aromatic heterocycles. The molecule has 1 saturated carbocycles. The van der Waals surface area contributed by atoms with Crippen LogP contribution in [0.2, 0.25) is 0 Å². The van der Waals surface area contributed by atoms with E-state index >= 15 is 0 Å². The molecule has 1 saturated heterocycles. The number of piperidine rings is 1. The van der Waals surface area contributed by atoms with Crippen LogP contribution in [0.15, 0.2) is 0 Å². The van der Waals surface area contributed by atoms with Crippen LogP contribution in [0, 0.1) is 5.92 Å². The van der Waals surface area contributed by atoms with Gasteiger partial charge in [0.15, 0.2) is 0 Å². The van der Waals surface area contributed by atoms with Gasteiger partial charge >= 0.3 is 0 Å². The molecule has 3 N–H and O–H groups in total. The average molecular weight is 275 g/mol. The van der Waals surface area contributed by atoms with E-state index in [1.807, 2.05) is 6.92 Å². The summed E-state index contributed by atoms with van der Waals surface area (Å²) in [7, 11) is -3.34. The minimum atomic E-state index is -3.34. The Hall–Kier alpha value is -0.170. The molecule has 1 heterocycles. The first-order valence-electron chi connectivity index (χ1n) is 6.94. The maximum atomic E-state index is 12.4. The van der Waals surface area contributed by atoms with Crippen molar-refractivity contribution in [3.63, 3.8) is 0 Å². The van der Waals surface area contributed by atoms with Gasteiger partial charge in [0.2, 0.25) is 0 Å². The second-order valence-electron chi connectivity index (χ2n) is 5.98. The van der Waals surface area contributed by atoms with Crippen LogP contribution < -0.4 is 10.5 Å². The molecule has 1 unspecified atom stereocenters. The van der Waals surface area contributed by atoms with Crippen molar-refractivity contribution in [3.05, 3.63) is 0 Å². The summed E-state index contributed by atoms with van der Waals surface area (Å²) in [6, 6.07) is 0. The van der Waals surface area contributed by atoms with E-state index in [0.29, 0.717) is 25.6 Å². The lowest BCUT2D eigenvalue weighted by Crippen LogP contribution is -2.53. The van der Waals surface area contributed by atoms with Crippen molar-refractivity contribution in [2.45, 2.75) is 51.0 Å². The molecule has 2 rings (SSSR count). The fourth-order valence-electron chi connectivity index (χ4n) is 3.07. The van der Waals surface area contributed by atoms with Crippen LogP contribution in [0.1, 0.15) is 45.4 Å². The minimum absolute atomic E-state index is 0.242. The second kappa shape index (κ2) is 5.45. The standard InChI is InChI=1S/C12H25N3O2S/c1-12(6-2-3-7-12)14-18(16,17)15-8-4-5-11(9-13)10-15/h11,14H,2-10,13H2,1H3. The Morgan fingerprint density at radius 3 is 2.61 bits per heavy atom. The molecule has 0 aromatic rings. The van der Waals surface area contributed by atoms with Crippen molar-refractivity contribution in [3.8, 4) is 0 Å². The molecular weight excluding hydrogens is 250 g/mol. The van der Waals surface area contributed by atoms with Gasteiger partial charge in [-0.3, -0.25) is 0 Å². The van der Waals surface area contributed by atoms with Crippen molar-refractivity contribution in [2.24, 2.45) is 11.7 Å². The number of hydrogen-bond donors (Lipinski definition) is 2. The largest absolute Gasteiger partial charge is 0.330 e. The van der Waals surface area contributed by atoms with Gasteiger partial charge in [-0.25, -0.2) is 0 Å². The Kier molecular flexibility index (Phi) is 4.31. The third-order valence-corrected chi connectivity index (χ3v) is 6.00. The van der Waals surface area contributed by atoms with E-state index < -0.39 is 10.2 Å². The Bertz CT molecular complexity index is 377. The fraction of sp³-hybridized carbons (Fsp3) is 1.00. The summed E-state index contributed by atoms with van der Waals surface area (Å²) in [5.41, 5.74) is 5.41. The molecule has 2 aliphatic rings. The fourth-order valence-corrected chi connectivity index (χ4v) is 4.80. The van der Waals surface area contributed by atoms with Crippen LogP contribution in [-0.4, -0.2) is 37.9 Å². The Labute approximate surface area is 110 Å². The van der Waals surface area contributed by atoms with Gasteiger partial charge in [0.1, 0.15) is 0 Å². The maximum absolute atomic E-state index is 12.4. The van der Waals surface area contributed by atoms with Crippen LogP contribution >= 0.6 is 0 Å².